The van der Waals surface area contributed by atoms with Crippen LogP contribution in [-0.2, 0) is 15.8 Å². The Morgan fingerprint density at radius 1 is 1.03 bits per heavy atom. The van der Waals surface area contributed by atoms with E-state index < -0.39 is 11.7 Å². The molecule has 1 aliphatic heterocycles. The number of nitrogens with zero attached hydrogens (tertiary/aromatic N) is 1. The van der Waals surface area contributed by atoms with E-state index >= 15 is 0 Å². The summed E-state index contributed by atoms with van der Waals surface area (Å²) < 4.78 is 38.0. The van der Waals surface area contributed by atoms with Crippen LogP contribution in [0.15, 0.2) is 42.6 Å². The van der Waals surface area contributed by atoms with Crippen molar-refractivity contribution in [2.24, 2.45) is 0 Å². The number of piperazine rings is 1. The number of carbonyl (C=O) groups is 2. The summed E-state index contributed by atoms with van der Waals surface area (Å²) in [6.45, 7) is 4.39. The van der Waals surface area contributed by atoms with Crippen LogP contribution in [-0.4, -0.2) is 44.5 Å². The number of aromatic amines is 1. The van der Waals surface area contributed by atoms with E-state index in [1.54, 1.807) is 24.3 Å². The van der Waals surface area contributed by atoms with Crippen LogP contribution in [0.5, 0.6) is 0 Å². The minimum Gasteiger partial charge on any atom is -0.326 e. The van der Waals surface area contributed by atoms with Gasteiger partial charge in [0.1, 0.15) is 32.4 Å². The van der Waals surface area contributed by atoms with Crippen molar-refractivity contribution in [3.8, 4) is 0 Å². The number of alkyl halides is 3. The Balaban J connectivity index is 1.46. The average molecular weight is 423 g/mol. The maximum absolute atomic E-state index is 12.7. The third-order valence-electron chi connectivity index (χ3n) is 4.83. The first-order valence-electron chi connectivity index (χ1n) is 9.55. The highest BCUT2D eigenvalue weighted by molar-refractivity contribution is 5.92. The van der Waals surface area contributed by atoms with Crippen LogP contribution in [0.3, 0.4) is 0 Å². The van der Waals surface area contributed by atoms with E-state index in [0.717, 1.165) is 17.2 Å². The number of hydrogen-bond acceptors (Lipinski definition) is 3. The summed E-state index contributed by atoms with van der Waals surface area (Å²) in [7, 11) is 0. The number of carbonyl (C=O) groups excluding carboxylic acids is 2. The second-order valence-electron chi connectivity index (χ2n) is 7.18. The highest BCUT2D eigenvalue weighted by Crippen LogP contribution is 2.28. The van der Waals surface area contributed by atoms with Gasteiger partial charge in [-0.1, -0.05) is 0 Å². The zero-order valence-corrected chi connectivity index (χ0v) is 16.5. The molecule has 0 unspecified atom stereocenters. The number of benzene rings is 1. The summed E-state index contributed by atoms with van der Waals surface area (Å²) in [5.41, 5.74) is 0.589. The summed E-state index contributed by atoms with van der Waals surface area (Å²) in [6, 6.07) is 9.36. The number of H-pyrrole nitrogens is 1. The lowest BCUT2D eigenvalue weighted by atomic mass is 10.2. The van der Waals surface area contributed by atoms with Gasteiger partial charge in [-0.15, -0.1) is 0 Å². The lowest BCUT2D eigenvalue weighted by Crippen LogP contribution is -3.15. The van der Waals surface area contributed by atoms with Gasteiger partial charge in [0.05, 0.1) is 5.56 Å². The zero-order chi connectivity index (χ0) is 21.7. The number of aromatic nitrogens is 1. The molecule has 1 saturated heterocycles. The van der Waals surface area contributed by atoms with Crippen LogP contribution in [0.1, 0.15) is 12.5 Å². The molecule has 0 atom stereocenters. The number of nitrogens with one attached hydrogen (secondary N) is 4. The predicted octanol–water partition coefficient (Wildman–Crippen LogP) is 0.822. The molecule has 1 aromatic heterocycles. The van der Waals surface area contributed by atoms with E-state index in [-0.39, 0.29) is 11.8 Å². The quantitative estimate of drug-likeness (QED) is 0.666. The number of pyridine rings is 1. The van der Waals surface area contributed by atoms with Gasteiger partial charge in [-0.3, -0.25) is 14.5 Å². The lowest BCUT2D eigenvalue weighted by molar-refractivity contribution is -0.892. The van der Waals surface area contributed by atoms with Gasteiger partial charge >= 0.3 is 6.18 Å². The van der Waals surface area contributed by atoms with Gasteiger partial charge in [0, 0.05) is 24.4 Å². The van der Waals surface area contributed by atoms with Gasteiger partial charge in [0.15, 0.2) is 6.54 Å². The molecule has 0 bridgehead atoms. The number of amides is 2. The molecule has 3 rings (SSSR count). The molecule has 10 heteroatoms. The zero-order valence-electron chi connectivity index (χ0n) is 16.5. The molecule has 0 radical (unpaired) electrons. The van der Waals surface area contributed by atoms with Crippen LogP contribution < -0.4 is 25.4 Å². The maximum Gasteiger partial charge on any atom is 0.419 e. The fraction of sp³-hybridized carbons (Fsp3) is 0.350. The van der Waals surface area contributed by atoms with Gasteiger partial charge in [-0.2, -0.15) is 13.2 Å². The second-order valence-corrected chi connectivity index (χ2v) is 7.18. The first kappa shape index (κ1) is 21.6. The average Bonchev–Trinajstić information content (AvgIpc) is 2.69. The number of rotatable bonds is 5. The third-order valence-corrected chi connectivity index (χ3v) is 4.83. The highest BCUT2D eigenvalue weighted by Gasteiger charge is 2.33. The Bertz CT molecular complexity index is 877. The summed E-state index contributed by atoms with van der Waals surface area (Å²) in [5.74, 6) is 0.348. The van der Waals surface area contributed by atoms with Crippen LogP contribution in [0.2, 0.25) is 0 Å². The van der Waals surface area contributed by atoms with Gasteiger partial charge in [0.2, 0.25) is 5.91 Å². The Morgan fingerprint density at radius 2 is 1.63 bits per heavy atom. The van der Waals surface area contributed by atoms with Crippen LogP contribution >= 0.6 is 0 Å². The van der Waals surface area contributed by atoms with Gasteiger partial charge in [-0.25, -0.2) is 4.98 Å². The molecule has 2 aromatic rings. The smallest absolute Gasteiger partial charge is 0.326 e. The molecule has 160 valence electrons. The molecular weight excluding hydrogens is 399 g/mol. The first-order valence-corrected chi connectivity index (χ1v) is 9.55. The topological polar surface area (TPSA) is 80.0 Å². The van der Waals surface area contributed by atoms with Crippen molar-refractivity contribution in [1.29, 1.82) is 0 Å². The van der Waals surface area contributed by atoms with Crippen molar-refractivity contribution >= 4 is 29.0 Å². The Morgan fingerprint density at radius 3 is 2.13 bits per heavy atom. The van der Waals surface area contributed by atoms with E-state index in [4.69, 9.17) is 0 Å². The normalized spacial score (nSPS) is 15.0. The lowest BCUT2D eigenvalue weighted by Gasteiger charge is -2.28. The van der Waals surface area contributed by atoms with E-state index in [1.807, 2.05) is 4.90 Å². The van der Waals surface area contributed by atoms with Gasteiger partial charge in [-0.05, 0) is 30.3 Å². The van der Waals surface area contributed by atoms with E-state index in [9.17, 15) is 22.8 Å². The molecular formula is C20H24F3N5O2+2. The molecule has 30 heavy (non-hydrogen) atoms. The summed E-state index contributed by atoms with van der Waals surface area (Å²) in [4.78, 5) is 29.1. The van der Waals surface area contributed by atoms with Crippen molar-refractivity contribution in [2.45, 2.75) is 13.1 Å². The molecule has 7 nitrogen and oxygen atoms in total. The molecule has 1 aliphatic rings. The largest absolute Gasteiger partial charge is 0.419 e. The van der Waals surface area contributed by atoms with Crippen molar-refractivity contribution < 1.29 is 32.6 Å². The highest BCUT2D eigenvalue weighted by atomic mass is 19.4. The second kappa shape index (κ2) is 9.12. The van der Waals surface area contributed by atoms with E-state index in [1.165, 1.54) is 13.0 Å². The van der Waals surface area contributed by atoms with Crippen LogP contribution in [0, 0.1) is 0 Å². The van der Waals surface area contributed by atoms with Crippen molar-refractivity contribution in [3.05, 3.63) is 48.2 Å². The number of anilines is 3. The van der Waals surface area contributed by atoms with Crippen molar-refractivity contribution in [2.75, 3.05) is 48.3 Å². The van der Waals surface area contributed by atoms with Gasteiger partial charge in [0.25, 0.3) is 11.7 Å². The Labute approximate surface area is 171 Å². The number of quaternary nitrogens is 1. The SMILES string of the molecule is CC(=O)Nc1ccc(NC(=O)C[NH+]2CCN(c3ccc(C(F)(F)F)c[nH+]3)CC2)cc1. The number of hydrogen-bond donors (Lipinski definition) is 3. The first-order chi connectivity index (χ1) is 14.2. The van der Waals surface area contributed by atoms with E-state index in [2.05, 4.69) is 15.6 Å². The molecule has 0 spiro atoms. The molecule has 0 aliphatic carbocycles. The van der Waals surface area contributed by atoms with Crippen molar-refractivity contribution in [3.63, 3.8) is 0 Å². The molecule has 0 saturated carbocycles. The van der Waals surface area contributed by atoms with Crippen molar-refractivity contribution in [1.82, 2.24) is 0 Å². The van der Waals surface area contributed by atoms with Gasteiger partial charge < -0.3 is 15.5 Å². The minimum absolute atomic E-state index is 0.119. The number of halogens is 3. The fourth-order valence-corrected chi connectivity index (χ4v) is 3.30. The molecule has 1 fully saturated rings. The third kappa shape index (κ3) is 5.93. The summed E-state index contributed by atoms with van der Waals surface area (Å²) in [6.07, 6.45) is -3.39. The standard InChI is InChI=1S/C20H22F3N5O2/c1-14(29)25-16-3-5-17(6-4-16)26-19(30)13-27-8-10-28(11-9-27)18-7-2-15(12-24-18)20(21,22)23/h2-7,12H,8-11,13H2,1H3,(H,25,29)(H,26,30)/p+2. The van der Waals surface area contributed by atoms with Crippen LogP contribution in [0.4, 0.5) is 30.4 Å². The van der Waals surface area contributed by atoms with E-state index in [0.29, 0.717) is 49.9 Å². The molecule has 2 heterocycles. The molecule has 4 N–H and O–H groups in total. The maximum atomic E-state index is 12.7. The minimum atomic E-state index is -4.37. The Hall–Kier alpha value is -3.14. The summed E-state index contributed by atoms with van der Waals surface area (Å²) >= 11 is 0. The molecule has 2 amide bonds. The van der Waals surface area contributed by atoms with Crippen LogP contribution in [0.25, 0.3) is 0 Å². The Kier molecular flexibility index (Phi) is 6.56. The molecule has 1 aromatic carbocycles. The summed E-state index contributed by atoms with van der Waals surface area (Å²) in [5, 5.41) is 5.49. The fourth-order valence-electron chi connectivity index (χ4n) is 3.30. The monoisotopic (exact) mass is 423 g/mol. The predicted molar refractivity (Wildman–Crippen MR) is 105 cm³/mol.